The van der Waals surface area contributed by atoms with Gasteiger partial charge in [-0.3, -0.25) is 19.8 Å². The number of rotatable bonds is 6. The molecule has 0 radical (unpaired) electrons. The molecule has 39 heavy (non-hydrogen) atoms. The number of benzene rings is 1. The highest BCUT2D eigenvalue weighted by Crippen LogP contribution is 2.35. The van der Waals surface area contributed by atoms with E-state index in [1.807, 2.05) is 11.0 Å². The maximum Gasteiger partial charge on any atom is 0.416 e. The molecule has 1 aliphatic heterocycles. The van der Waals surface area contributed by atoms with Gasteiger partial charge in [0.2, 0.25) is 0 Å². The van der Waals surface area contributed by atoms with Crippen molar-refractivity contribution >= 4 is 28.1 Å². The van der Waals surface area contributed by atoms with Crippen LogP contribution in [0.5, 0.6) is 0 Å². The van der Waals surface area contributed by atoms with Crippen molar-refractivity contribution in [1.29, 1.82) is 5.26 Å². The molecular formula is C26H28F3N7O3. The molecule has 1 saturated heterocycles. The number of non-ortho nitro benzene ring substituents is 1. The summed E-state index contributed by atoms with van der Waals surface area (Å²) in [6, 6.07) is 5.66. The number of nitrogens with zero attached hydrogens (tertiary/aromatic N) is 6. The van der Waals surface area contributed by atoms with Crippen molar-refractivity contribution in [2.45, 2.75) is 39.0 Å². The van der Waals surface area contributed by atoms with Crippen LogP contribution in [-0.4, -0.2) is 51.6 Å². The van der Waals surface area contributed by atoms with E-state index in [4.69, 9.17) is 0 Å². The van der Waals surface area contributed by atoms with Gasteiger partial charge in [-0.2, -0.15) is 18.4 Å². The molecule has 0 spiro atoms. The minimum Gasteiger partial charge on any atom is -0.364 e. The van der Waals surface area contributed by atoms with Crippen molar-refractivity contribution in [3.8, 4) is 6.07 Å². The first-order chi connectivity index (χ1) is 18.3. The number of piperazine rings is 1. The molecule has 1 aliphatic rings. The van der Waals surface area contributed by atoms with Crippen molar-refractivity contribution in [2.24, 2.45) is 7.05 Å². The number of anilines is 2. The van der Waals surface area contributed by atoms with E-state index in [1.165, 1.54) is 10.8 Å². The van der Waals surface area contributed by atoms with Crippen LogP contribution >= 0.6 is 0 Å². The molecule has 0 bridgehead atoms. The maximum atomic E-state index is 13.4. The van der Waals surface area contributed by atoms with Gasteiger partial charge in [-0.25, -0.2) is 4.98 Å². The summed E-state index contributed by atoms with van der Waals surface area (Å²) in [5, 5.41) is 24.5. The van der Waals surface area contributed by atoms with Crippen LogP contribution in [0.25, 0.3) is 10.9 Å². The largest absolute Gasteiger partial charge is 0.416 e. The normalized spacial score (nSPS) is 15.4. The van der Waals surface area contributed by atoms with Crippen LogP contribution in [0.15, 0.2) is 35.3 Å². The molecule has 0 aliphatic carbocycles. The van der Waals surface area contributed by atoms with Gasteiger partial charge in [0.25, 0.3) is 11.2 Å². The van der Waals surface area contributed by atoms with E-state index in [1.54, 1.807) is 20.0 Å². The van der Waals surface area contributed by atoms with E-state index in [0.717, 1.165) is 25.2 Å². The fourth-order valence-corrected chi connectivity index (χ4v) is 4.83. The third kappa shape index (κ3) is 5.51. The van der Waals surface area contributed by atoms with Crippen LogP contribution in [0.4, 0.5) is 30.4 Å². The van der Waals surface area contributed by atoms with Gasteiger partial charge in [0.1, 0.15) is 17.6 Å². The molecule has 10 nitrogen and oxygen atoms in total. The fraction of sp³-hybridized carbons (Fsp3) is 0.423. The molecule has 3 aromatic rings. The molecule has 1 fully saturated rings. The Bertz CT molecular complexity index is 1520. The Kier molecular flexibility index (Phi) is 7.52. The fourth-order valence-electron chi connectivity index (χ4n) is 4.83. The number of pyridine rings is 2. The Morgan fingerprint density at radius 3 is 2.36 bits per heavy atom. The van der Waals surface area contributed by atoms with Crippen LogP contribution in [0.2, 0.25) is 0 Å². The number of nitro groups is 1. The highest BCUT2D eigenvalue weighted by molar-refractivity contribution is 5.95. The number of alkyl halides is 3. The van der Waals surface area contributed by atoms with Crippen molar-refractivity contribution in [3.63, 3.8) is 0 Å². The molecule has 0 saturated carbocycles. The van der Waals surface area contributed by atoms with Gasteiger partial charge in [0, 0.05) is 63.0 Å². The third-order valence-electron chi connectivity index (χ3n) is 7.07. The number of nitrogens with one attached hydrogen (secondary N) is 1. The first-order valence-electron chi connectivity index (χ1n) is 12.4. The summed E-state index contributed by atoms with van der Waals surface area (Å²) >= 11 is 0. The zero-order valence-electron chi connectivity index (χ0n) is 21.9. The van der Waals surface area contributed by atoms with Gasteiger partial charge < -0.3 is 14.8 Å². The average Bonchev–Trinajstić information content (AvgIpc) is 2.90. The van der Waals surface area contributed by atoms with Gasteiger partial charge in [0.15, 0.2) is 0 Å². The first-order valence-corrected chi connectivity index (χ1v) is 12.4. The number of hydrogen-bond acceptors (Lipinski definition) is 8. The summed E-state index contributed by atoms with van der Waals surface area (Å²) in [7, 11) is 1.56. The maximum absolute atomic E-state index is 13.4. The monoisotopic (exact) mass is 543 g/mol. The average molecular weight is 544 g/mol. The highest BCUT2D eigenvalue weighted by Gasteiger charge is 2.33. The highest BCUT2D eigenvalue weighted by atomic mass is 19.4. The van der Waals surface area contributed by atoms with Crippen LogP contribution in [-0.2, 0) is 13.2 Å². The van der Waals surface area contributed by atoms with E-state index >= 15 is 0 Å². The summed E-state index contributed by atoms with van der Waals surface area (Å²) < 4.78 is 41.7. The molecule has 1 atom stereocenters. The summed E-state index contributed by atoms with van der Waals surface area (Å²) in [5.74, 6) is 0.231. The number of aryl methyl sites for hydroxylation is 1. The number of hydrogen-bond donors (Lipinski definition) is 1. The third-order valence-corrected chi connectivity index (χ3v) is 7.07. The lowest BCUT2D eigenvalue weighted by molar-refractivity contribution is -0.385. The topological polar surface area (TPSA) is 120 Å². The Morgan fingerprint density at radius 2 is 1.79 bits per heavy atom. The summed E-state index contributed by atoms with van der Waals surface area (Å²) in [6.45, 7) is 8.56. The molecule has 206 valence electrons. The van der Waals surface area contributed by atoms with Gasteiger partial charge >= 0.3 is 6.18 Å². The molecule has 1 N–H and O–H groups in total. The van der Waals surface area contributed by atoms with Crippen molar-refractivity contribution < 1.29 is 18.1 Å². The number of halogens is 3. The quantitative estimate of drug-likeness (QED) is 0.358. The van der Waals surface area contributed by atoms with E-state index in [-0.39, 0.29) is 22.5 Å². The molecule has 1 aromatic carbocycles. The second kappa shape index (κ2) is 10.5. The Morgan fingerprint density at radius 1 is 1.13 bits per heavy atom. The number of aromatic nitrogens is 2. The molecule has 2 aromatic heterocycles. The summed E-state index contributed by atoms with van der Waals surface area (Å²) in [6.07, 6.45) is -3.49. The first kappa shape index (κ1) is 27.8. The van der Waals surface area contributed by atoms with Crippen LogP contribution < -0.4 is 15.8 Å². The van der Waals surface area contributed by atoms with E-state index in [0.29, 0.717) is 41.8 Å². The zero-order valence-corrected chi connectivity index (χ0v) is 21.9. The van der Waals surface area contributed by atoms with Crippen LogP contribution in [0, 0.1) is 21.4 Å². The van der Waals surface area contributed by atoms with Gasteiger partial charge in [-0.05, 0) is 38.5 Å². The smallest absolute Gasteiger partial charge is 0.364 e. The number of nitriles is 1. The minimum atomic E-state index is -4.77. The van der Waals surface area contributed by atoms with Crippen LogP contribution in [0.3, 0.4) is 0 Å². The Hall–Kier alpha value is -4.18. The van der Waals surface area contributed by atoms with Crippen LogP contribution in [0.1, 0.15) is 43.5 Å². The lowest BCUT2D eigenvalue weighted by Gasteiger charge is -2.38. The lowest BCUT2D eigenvalue weighted by Crippen LogP contribution is -2.50. The predicted octanol–water partition coefficient (Wildman–Crippen LogP) is 4.44. The van der Waals surface area contributed by atoms with Gasteiger partial charge in [0.05, 0.1) is 27.6 Å². The number of nitro benzene ring substituents is 1. The molecular weight excluding hydrogens is 515 g/mol. The van der Waals surface area contributed by atoms with Crippen molar-refractivity contribution in [3.05, 3.63) is 67.6 Å². The molecule has 0 unspecified atom stereocenters. The van der Waals surface area contributed by atoms with E-state index in [2.05, 4.69) is 29.0 Å². The molecule has 0 amide bonds. The number of fused-ring (bicyclic) bond motifs is 1. The standard InChI is InChI=1S/C26H28F3N7O3/c1-15(2)34-5-7-35(8-6-34)22-12-21-23(33(4)25(22)37)18(13-30)14-31-24(21)32-16(3)17-9-19(26(27,28)29)11-20(10-17)36(38)39/h9-12,14-16H,5-8H2,1-4H3,(H,31,32)/t16-/m1/s1. The summed E-state index contributed by atoms with van der Waals surface area (Å²) in [5.41, 5.74) is -1.16. The molecule has 3 heterocycles. The molecule has 4 rings (SSSR count). The van der Waals surface area contributed by atoms with Gasteiger partial charge in [-0.15, -0.1) is 0 Å². The van der Waals surface area contributed by atoms with Crippen molar-refractivity contribution in [1.82, 2.24) is 14.5 Å². The summed E-state index contributed by atoms with van der Waals surface area (Å²) in [4.78, 5) is 32.4. The Balaban J connectivity index is 1.79. The Labute approximate surface area is 222 Å². The lowest BCUT2D eigenvalue weighted by atomic mass is 10.0. The molecule has 13 heteroatoms. The predicted molar refractivity (Wildman–Crippen MR) is 141 cm³/mol. The second-order valence-electron chi connectivity index (χ2n) is 9.84. The van der Waals surface area contributed by atoms with E-state index in [9.17, 15) is 33.3 Å². The van der Waals surface area contributed by atoms with Crippen molar-refractivity contribution in [2.75, 3.05) is 36.4 Å². The second-order valence-corrected chi connectivity index (χ2v) is 9.84. The van der Waals surface area contributed by atoms with Gasteiger partial charge in [-0.1, -0.05) is 0 Å². The zero-order chi connectivity index (χ0) is 28.6. The minimum absolute atomic E-state index is 0.0330. The van der Waals surface area contributed by atoms with E-state index < -0.39 is 28.4 Å². The SMILES string of the molecule is CC(C)N1CCN(c2cc3c(N[C@H](C)c4cc([N+](=O)[O-])cc(C(F)(F)F)c4)ncc(C#N)c3n(C)c2=O)CC1.